The van der Waals surface area contributed by atoms with Crippen LogP contribution < -0.4 is 0 Å². The molecule has 0 atom stereocenters. The maximum absolute atomic E-state index is 5.03. The van der Waals surface area contributed by atoms with E-state index in [2.05, 4.69) is 221 Å². The summed E-state index contributed by atoms with van der Waals surface area (Å²) in [6, 6.07) is 62.5. The summed E-state index contributed by atoms with van der Waals surface area (Å²) >= 11 is 0. The number of hydrogen-bond donors (Lipinski definition) is 0. The second-order valence-corrected chi connectivity index (χ2v) is 18.0. The smallest absolute Gasteiger partial charge is 0.137 e. The molecule has 6 aromatic carbocycles. The normalized spacial score (nSPS) is 12.6. The van der Waals surface area contributed by atoms with Gasteiger partial charge in [0, 0.05) is 33.9 Å². The zero-order valence-corrected chi connectivity index (χ0v) is 34.6. The summed E-state index contributed by atoms with van der Waals surface area (Å²) in [5.74, 6) is 1.84. The van der Waals surface area contributed by atoms with Crippen LogP contribution in [0.4, 0.5) is 0 Å². The molecule has 10 aromatic rings. The SMILES string of the molecule is CC(C)(C)c1ccnc(-n2c3ccccc3c3ccc(C(c4ccccc4)(c4ccccc4)c4ccc5c6ccccc6n(-c6cc(C(C)(C)C)ccn6)c5c4)cc32)c1. The number of para-hydroxylation sites is 2. The quantitative estimate of drug-likeness (QED) is 0.158. The Morgan fingerprint density at radius 1 is 0.322 bits per heavy atom. The third-order valence-electron chi connectivity index (χ3n) is 12.3. The Balaban J connectivity index is 1.32. The molecule has 0 fully saturated rings. The van der Waals surface area contributed by atoms with Crippen LogP contribution in [0.5, 0.6) is 0 Å². The molecular weight excluding hydrogens is 717 g/mol. The number of aromatic nitrogens is 4. The second kappa shape index (κ2) is 13.7. The van der Waals surface area contributed by atoms with Crippen LogP contribution in [0.15, 0.2) is 182 Å². The summed E-state index contributed by atoms with van der Waals surface area (Å²) in [5.41, 5.74) is 11.0. The summed E-state index contributed by atoms with van der Waals surface area (Å²) in [6.07, 6.45) is 3.91. The molecule has 10 rings (SSSR count). The van der Waals surface area contributed by atoms with Gasteiger partial charge in [0.25, 0.3) is 0 Å². The molecule has 59 heavy (non-hydrogen) atoms. The number of rotatable bonds is 6. The van der Waals surface area contributed by atoms with E-state index in [1.807, 2.05) is 12.4 Å². The van der Waals surface area contributed by atoms with Crippen molar-refractivity contribution in [3.8, 4) is 11.6 Å². The van der Waals surface area contributed by atoms with Crippen molar-refractivity contribution in [2.24, 2.45) is 0 Å². The van der Waals surface area contributed by atoms with E-state index in [4.69, 9.17) is 9.97 Å². The molecule has 0 aliphatic heterocycles. The minimum atomic E-state index is -0.700. The Labute approximate surface area is 346 Å². The zero-order valence-electron chi connectivity index (χ0n) is 34.6. The number of hydrogen-bond acceptors (Lipinski definition) is 2. The van der Waals surface area contributed by atoms with Crippen LogP contribution in [-0.4, -0.2) is 19.1 Å². The van der Waals surface area contributed by atoms with Gasteiger partial charge >= 0.3 is 0 Å². The largest absolute Gasteiger partial charge is 0.294 e. The van der Waals surface area contributed by atoms with Crippen LogP contribution in [0, 0.1) is 0 Å². The van der Waals surface area contributed by atoms with Gasteiger partial charge in [0.15, 0.2) is 0 Å². The molecule has 4 heterocycles. The van der Waals surface area contributed by atoms with Crippen molar-refractivity contribution in [2.75, 3.05) is 0 Å². The minimum absolute atomic E-state index is 0.0257. The summed E-state index contributed by atoms with van der Waals surface area (Å²) in [5, 5.41) is 4.81. The van der Waals surface area contributed by atoms with Crippen LogP contribution in [0.1, 0.15) is 74.9 Å². The molecule has 4 aromatic heterocycles. The monoisotopic (exact) mass is 764 g/mol. The summed E-state index contributed by atoms with van der Waals surface area (Å²) in [7, 11) is 0. The average Bonchev–Trinajstić information content (AvgIpc) is 3.77. The third-order valence-corrected chi connectivity index (χ3v) is 12.3. The Morgan fingerprint density at radius 2 is 0.695 bits per heavy atom. The maximum Gasteiger partial charge on any atom is 0.137 e. The van der Waals surface area contributed by atoms with Gasteiger partial charge in [0.1, 0.15) is 11.6 Å². The highest BCUT2D eigenvalue weighted by Crippen LogP contribution is 2.48. The predicted octanol–water partition coefficient (Wildman–Crippen LogP) is 13.6. The van der Waals surface area contributed by atoms with E-state index in [0.717, 1.165) is 33.7 Å². The van der Waals surface area contributed by atoms with Gasteiger partial charge in [-0.2, -0.15) is 0 Å². The Hall–Kier alpha value is -6.78. The second-order valence-electron chi connectivity index (χ2n) is 18.0. The molecule has 0 radical (unpaired) electrons. The molecule has 0 bridgehead atoms. The van der Waals surface area contributed by atoms with Crippen LogP contribution in [0.2, 0.25) is 0 Å². The van der Waals surface area contributed by atoms with Crippen molar-refractivity contribution < 1.29 is 0 Å². The van der Waals surface area contributed by atoms with E-state index in [-0.39, 0.29) is 10.8 Å². The summed E-state index contributed by atoms with van der Waals surface area (Å²) < 4.78 is 4.72. The van der Waals surface area contributed by atoms with Crippen LogP contribution >= 0.6 is 0 Å². The maximum atomic E-state index is 5.03. The van der Waals surface area contributed by atoms with Gasteiger partial charge < -0.3 is 0 Å². The standard InChI is InChI=1S/C55H48N4/c1-53(2,3)39-29-31-56-51(35-39)58-47-23-15-13-21-43(47)45-27-25-41(33-49(45)58)55(37-17-9-7-10-18-37,38-19-11-8-12-20-38)42-26-28-46-44-22-14-16-24-48(44)59(50(46)34-42)52-36-40(30-32-57-52)54(4,5)6/h7-36H,1-6H3. The molecule has 0 spiro atoms. The number of pyridine rings is 2. The van der Waals surface area contributed by atoms with Crippen molar-refractivity contribution in [1.82, 2.24) is 19.1 Å². The summed E-state index contributed by atoms with van der Waals surface area (Å²) in [4.78, 5) is 10.1. The van der Waals surface area contributed by atoms with Gasteiger partial charge in [0.2, 0.25) is 0 Å². The highest BCUT2D eigenvalue weighted by molar-refractivity contribution is 6.10. The van der Waals surface area contributed by atoms with Crippen LogP contribution in [-0.2, 0) is 16.2 Å². The van der Waals surface area contributed by atoms with E-state index in [1.54, 1.807) is 0 Å². The Kier molecular flexibility index (Phi) is 8.47. The van der Waals surface area contributed by atoms with Gasteiger partial charge in [-0.3, -0.25) is 9.13 Å². The van der Waals surface area contributed by atoms with E-state index >= 15 is 0 Å². The van der Waals surface area contributed by atoms with Crippen molar-refractivity contribution in [1.29, 1.82) is 0 Å². The zero-order chi connectivity index (χ0) is 40.5. The van der Waals surface area contributed by atoms with E-state index in [0.29, 0.717) is 0 Å². The fourth-order valence-corrected chi connectivity index (χ4v) is 9.29. The van der Waals surface area contributed by atoms with Crippen LogP contribution in [0.25, 0.3) is 55.2 Å². The molecule has 4 heteroatoms. The van der Waals surface area contributed by atoms with Gasteiger partial charge in [-0.1, -0.05) is 163 Å². The molecule has 4 nitrogen and oxygen atoms in total. The lowest BCUT2D eigenvalue weighted by Gasteiger charge is -2.37. The highest BCUT2D eigenvalue weighted by atomic mass is 15.1. The van der Waals surface area contributed by atoms with Crippen molar-refractivity contribution >= 4 is 43.6 Å². The first-order valence-corrected chi connectivity index (χ1v) is 20.7. The molecule has 0 amide bonds. The van der Waals surface area contributed by atoms with E-state index in [1.165, 1.54) is 54.9 Å². The predicted molar refractivity (Wildman–Crippen MR) is 246 cm³/mol. The fourth-order valence-electron chi connectivity index (χ4n) is 9.29. The lowest BCUT2D eigenvalue weighted by atomic mass is 9.65. The third kappa shape index (κ3) is 5.88. The molecule has 0 saturated heterocycles. The molecule has 288 valence electrons. The van der Waals surface area contributed by atoms with Crippen molar-refractivity contribution in [3.63, 3.8) is 0 Å². The number of nitrogens with zero attached hydrogens (tertiary/aromatic N) is 4. The van der Waals surface area contributed by atoms with Gasteiger partial charge in [0.05, 0.1) is 27.5 Å². The molecule has 0 saturated carbocycles. The molecule has 0 N–H and O–H groups in total. The minimum Gasteiger partial charge on any atom is -0.294 e. The van der Waals surface area contributed by atoms with Gasteiger partial charge in [-0.15, -0.1) is 0 Å². The first-order valence-electron chi connectivity index (χ1n) is 20.7. The van der Waals surface area contributed by atoms with E-state index < -0.39 is 5.41 Å². The van der Waals surface area contributed by atoms with Gasteiger partial charge in [-0.25, -0.2) is 9.97 Å². The first-order chi connectivity index (χ1) is 28.5. The topological polar surface area (TPSA) is 35.6 Å². The summed E-state index contributed by atoms with van der Waals surface area (Å²) in [6.45, 7) is 13.6. The highest BCUT2D eigenvalue weighted by Gasteiger charge is 2.39. The van der Waals surface area contributed by atoms with Crippen molar-refractivity contribution in [2.45, 2.75) is 57.8 Å². The molecule has 0 aliphatic carbocycles. The first kappa shape index (κ1) is 36.6. The molecule has 0 aliphatic rings. The van der Waals surface area contributed by atoms with Crippen molar-refractivity contribution in [3.05, 3.63) is 216 Å². The van der Waals surface area contributed by atoms with Gasteiger partial charge in [-0.05, 0) is 92.7 Å². The molecular formula is C55H48N4. The lowest BCUT2D eigenvalue weighted by Crippen LogP contribution is -2.31. The van der Waals surface area contributed by atoms with E-state index in [9.17, 15) is 0 Å². The lowest BCUT2D eigenvalue weighted by molar-refractivity contribution is 0.588. The Morgan fingerprint density at radius 3 is 1.10 bits per heavy atom. The molecule has 0 unspecified atom stereocenters. The fraction of sp³-hybridized carbons (Fsp3) is 0.164. The number of fused-ring (bicyclic) bond motifs is 6. The van der Waals surface area contributed by atoms with Crippen LogP contribution in [0.3, 0.4) is 0 Å². The average molecular weight is 765 g/mol. The Bertz CT molecular complexity index is 2960. The number of benzene rings is 6.